The summed E-state index contributed by atoms with van der Waals surface area (Å²) in [6, 6.07) is 4.86. The van der Waals surface area contributed by atoms with Gasteiger partial charge in [0.25, 0.3) is 0 Å². The molecule has 1 aliphatic carbocycles. The maximum Gasteiger partial charge on any atom is 0.126 e. The number of rotatable bonds is 6. The Morgan fingerprint density at radius 2 is 1.92 bits per heavy atom. The lowest BCUT2D eigenvalue weighted by atomic mass is 9.92. The van der Waals surface area contributed by atoms with E-state index in [0.29, 0.717) is 11.5 Å². The van der Waals surface area contributed by atoms with Gasteiger partial charge in [0.05, 0.1) is 0 Å². The number of aromatic nitrogens is 1. The van der Waals surface area contributed by atoms with Crippen LogP contribution in [0.4, 0.5) is 5.82 Å². The number of pyridine rings is 1. The fourth-order valence-electron chi connectivity index (χ4n) is 4.41. The van der Waals surface area contributed by atoms with Crippen LogP contribution in [0, 0.1) is 17.3 Å². The molecule has 1 unspecified atom stereocenters. The van der Waals surface area contributed by atoms with Gasteiger partial charge in [-0.1, -0.05) is 20.8 Å². The number of anilines is 1. The van der Waals surface area contributed by atoms with Gasteiger partial charge >= 0.3 is 0 Å². The summed E-state index contributed by atoms with van der Waals surface area (Å²) >= 11 is 0. The number of likely N-dealkylation sites (tertiary alicyclic amines) is 1. The van der Waals surface area contributed by atoms with E-state index < -0.39 is 0 Å². The van der Waals surface area contributed by atoms with Crippen molar-refractivity contribution < 1.29 is 0 Å². The molecule has 2 N–H and O–H groups in total. The van der Waals surface area contributed by atoms with Crippen molar-refractivity contribution in [3.63, 3.8) is 0 Å². The number of nitrogens with zero attached hydrogens (tertiary/aromatic N) is 2. The second-order valence-corrected chi connectivity index (χ2v) is 9.45. The Morgan fingerprint density at radius 3 is 2.46 bits per heavy atom. The number of hydrogen-bond acceptors (Lipinski definition) is 4. The monoisotopic (exact) mass is 356 g/mol. The highest BCUT2D eigenvalue weighted by Gasteiger charge is 2.40. The van der Waals surface area contributed by atoms with Crippen LogP contribution in [-0.4, -0.2) is 42.6 Å². The average Bonchev–Trinajstić information content (AvgIpc) is 3.11. The van der Waals surface area contributed by atoms with E-state index in [2.05, 4.69) is 60.3 Å². The highest BCUT2D eigenvalue weighted by Crippen LogP contribution is 2.39. The predicted molar refractivity (Wildman–Crippen MR) is 111 cm³/mol. The fraction of sp³-hybridized carbons (Fsp3) is 0.682. The van der Waals surface area contributed by atoms with Crippen molar-refractivity contribution in [2.45, 2.75) is 53.0 Å². The van der Waals surface area contributed by atoms with Gasteiger partial charge < -0.3 is 15.5 Å². The van der Waals surface area contributed by atoms with Crippen molar-refractivity contribution >= 4 is 11.4 Å². The van der Waals surface area contributed by atoms with Crippen LogP contribution >= 0.6 is 0 Å². The van der Waals surface area contributed by atoms with Gasteiger partial charge in [-0.05, 0) is 79.5 Å². The van der Waals surface area contributed by atoms with Crippen molar-refractivity contribution in [1.29, 1.82) is 0 Å². The molecule has 1 saturated carbocycles. The zero-order chi connectivity index (χ0) is 18.7. The maximum absolute atomic E-state index is 4.62. The summed E-state index contributed by atoms with van der Waals surface area (Å²) in [5.74, 6) is 2.75. The van der Waals surface area contributed by atoms with Gasteiger partial charge in [0, 0.05) is 32.4 Å². The van der Waals surface area contributed by atoms with Gasteiger partial charge in [-0.25, -0.2) is 4.98 Å². The molecule has 4 heteroatoms. The molecule has 2 heterocycles. The molecule has 0 aromatic carbocycles. The standard InChI is InChI=1S/C22H36N4/c1-16(12-23-5)17-6-7-21(24-13-17)25-20-10-18-14-26(15-19(18)11-20)9-8-22(2,3)4/h6-7,12-13,18-20,23H,8-11,14-15H2,1-5H3,(H,24,25)/b16-12+/t18-,19+,20?. The minimum Gasteiger partial charge on any atom is -0.394 e. The minimum atomic E-state index is 0.445. The van der Waals surface area contributed by atoms with Gasteiger partial charge in [-0.2, -0.15) is 0 Å². The summed E-state index contributed by atoms with van der Waals surface area (Å²) in [6.07, 6.45) is 7.85. The first-order chi connectivity index (χ1) is 12.3. The van der Waals surface area contributed by atoms with Gasteiger partial charge in [-0.15, -0.1) is 0 Å². The molecular formula is C22H36N4. The molecule has 0 spiro atoms. The van der Waals surface area contributed by atoms with Crippen molar-refractivity contribution in [2.75, 3.05) is 32.0 Å². The Morgan fingerprint density at radius 1 is 1.23 bits per heavy atom. The molecule has 144 valence electrons. The van der Waals surface area contributed by atoms with E-state index in [-0.39, 0.29) is 0 Å². The average molecular weight is 357 g/mol. The van der Waals surface area contributed by atoms with E-state index in [1.54, 1.807) is 0 Å². The molecular weight excluding hydrogens is 320 g/mol. The second-order valence-electron chi connectivity index (χ2n) is 9.45. The maximum atomic E-state index is 4.62. The molecule has 0 amide bonds. The number of fused-ring (bicyclic) bond motifs is 1. The van der Waals surface area contributed by atoms with Crippen LogP contribution in [0.3, 0.4) is 0 Å². The Labute approximate surface area is 159 Å². The molecule has 3 rings (SSSR count). The quantitative estimate of drug-likeness (QED) is 0.801. The fourth-order valence-corrected chi connectivity index (χ4v) is 4.41. The van der Waals surface area contributed by atoms with Crippen LogP contribution in [0.1, 0.15) is 52.5 Å². The molecule has 1 aliphatic heterocycles. The van der Waals surface area contributed by atoms with E-state index in [9.17, 15) is 0 Å². The Hall–Kier alpha value is -1.55. The molecule has 2 aliphatic rings. The van der Waals surface area contributed by atoms with Crippen LogP contribution in [0.25, 0.3) is 5.57 Å². The Balaban J connectivity index is 1.47. The topological polar surface area (TPSA) is 40.2 Å². The summed E-state index contributed by atoms with van der Waals surface area (Å²) < 4.78 is 0. The summed E-state index contributed by atoms with van der Waals surface area (Å²) in [6.45, 7) is 13.0. The predicted octanol–water partition coefficient (Wildman–Crippen LogP) is 4.22. The van der Waals surface area contributed by atoms with Crippen molar-refractivity contribution in [1.82, 2.24) is 15.2 Å². The van der Waals surface area contributed by atoms with Gasteiger partial charge in [0.2, 0.25) is 0 Å². The minimum absolute atomic E-state index is 0.445. The number of hydrogen-bond donors (Lipinski definition) is 2. The van der Waals surface area contributed by atoms with E-state index in [1.165, 1.54) is 50.0 Å². The van der Waals surface area contributed by atoms with Crippen LogP contribution in [0.5, 0.6) is 0 Å². The summed E-state index contributed by atoms with van der Waals surface area (Å²) in [4.78, 5) is 7.32. The van der Waals surface area contributed by atoms with Gasteiger partial charge in [-0.3, -0.25) is 0 Å². The normalized spacial score (nSPS) is 26.8. The van der Waals surface area contributed by atoms with Crippen LogP contribution in [-0.2, 0) is 0 Å². The molecule has 0 bridgehead atoms. The third kappa shape index (κ3) is 5.00. The first-order valence-corrected chi connectivity index (χ1v) is 10.1. The first kappa shape index (κ1) is 19.2. The van der Waals surface area contributed by atoms with Crippen molar-refractivity contribution in [3.05, 3.63) is 30.1 Å². The summed E-state index contributed by atoms with van der Waals surface area (Å²) in [5.41, 5.74) is 2.82. The van der Waals surface area contributed by atoms with Crippen LogP contribution in [0.15, 0.2) is 24.5 Å². The zero-order valence-electron chi connectivity index (χ0n) is 17.2. The third-order valence-corrected chi connectivity index (χ3v) is 5.94. The molecule has 3 atom stereocenters. The highest BCUT2D eigenvalue weighted by atomic mass is 15.2. The Kier molecular flexibility index (Phi) is 5.91. The van der Waals surface area contributed by atoms with E-state index in [4.69, 9.17) is 0 Å². The highest BCUT2D eigenvalue weighted by molar-refractivity contribution is 5.63. The molecule has 1 saturated heterocycles. The molecule has 1 aromatic rings. The number of allylic oxidation sites excluding steroid dienone is 1. The lowest BCUT2D eigenvalue weighted by Gasteiger charge is -2.24. The second kappa shape index (κ2) is 7.99. The lowest BCUT2D eigenvalue weighted by molar-refractivity contribution is 0.250. The van der Waals surface area contributed by atoms with Gasteiger partial charge in [0.1, 0.15) is 5.82 Å². The first-order valence-electron chi connectivity index (χ1n) is 10.1. The van der Waals surface area contributed by atoms with Crippen molar-refractivity contribution in [2.24, 2.45) is 17.3 Å². The number of nitrogens with one attached hydrogen (secondary N) is 2. The van der Waals surface area contributed by atoms with Crippen LogP contribution in [0.2, 0.25) is 0 Å². The summed E-state index contributed by atoms with van der Waals surface area (Å²) in [5, 5.41) is 6.75. The van der Waals surface area contributed by atoms with E-state index in [0.717, 1.165) is 17.7 Å². The van der Waals surface area contributed by atoms with E-state index >= 15 is 0 Å². The third-order valence-electron chi connectivity index (χ3n) is 5.94. The molecule has 26 heavy (non-hydrogen) atoms. The zero-order valence-corrected chi connectivity index (χ0v) is 17.2. The Bertz CT molecular complexity index is 600. The SMILES string of the molecule is CN/C=C(\C)c1ccc(NC2C[C@@H]3CN(CCC(C)(C)C)C[C@@H]3C2)nc1. The molecule has 2 fully saturated rings. The summed E-state index contributed by atoms with van der Waals surface area (Å²) in [7, 11) is 1.92. The lowest BCUT2D eigenvalue weighted by Crippen LogP contribution is -2.28. The van der Waals surface area contributed by atoms with Gasteiger partial charge in [0.15, 0.2) is 0 Å². The smallest absolute Gasteiger partial charge is 0.126 e. The molecule has 1 aromatic heterocycles. The van der Waals surface area contributed by atoms with Crippen LogP contribution < -0.4 is 10.6 Å². The molecule has 0 radical (unpaired) electrons. The van der Waals surface area contributed by atoms with Crippen molar-refractivity contribution in [3.8, 4) is 0 Å². The van der Waals surface area contributed by atoms with E-state index in [1.807, 2.05) is 19.4 Å². The molecule has 4 nitrogen and oxygen atoms in total. The largest absolute Gasteiger partial charge is 0.394 e.